The van der Waals surface area contributed by atoms with Crippen molar-refractivity contribution in [1.82, 2.24) is 4.98 Å². The van der Waals surface area contributed by atoms with Crippen molar-refractivity contribution < 1.29 is 0 Å². The smallest absolute Gasteiger partial charge is 0.257 e. The number of nitrogens with one attached hydrogen (secondary N) is 2. The van der Waals surface area contributed by atoms with Gasteiger partial charge in [0.2, 0.25) is 0 Å². The molecule has 0 aliphatic rings. The number of hydrogen-bond acceptors (Lipinski definition) is 3. The Morgan fingerprint density at radius 1 is 1.05 bits per heavy atom. The lowest BCUT2D eigenvalue weighted by Crippen LogP contribution is -2.10. The summed E-state index contributed by atoms with van der Waals surface area (Å²) in [5.41, 5.74) is 7.42. The number of rotatable bonds is 3. The summed E-state index contributed by atoms with van der Waals surface area (Å²) < 4.78 is 0. The van der Waals surface area contributed by atoms with Crippen LogP contribution in [0.5, 0.6) is 0 Å². The largest absolute Gasteiger partial charge is 0.399 e. The van der Waals surface area contributed by atoms with Crippen molar-refractivity contribution in [3.8, 4) is 0 Å². The summed E-state index contributed by atoms with van der Waals surface area (Å²) in [7, 11) is 0. The maximum Gasteiger partial charge on any atom is 0.257 e. The van der Waals surface area contributed by atoms with Crippen LogP contribution in [0.15, 0.2) is 59.4 Å². The fourth-order valence-corrected chi connectivity index (χ4v) is 2.14. The first-order valence-electron chi connectivity index (χ1n) is 6.43. The third-order valence-electron chi connectivity index (χ3n) is 3.22. The highest BCUT2D eigenvalue weighted by Gasteiger charge is 2.01. The van der Waals surface area contributed by atoms with Crippen LogP contribution in [0.4, 0.5) is 11.5 Å². The van der Waals surface area contributed by atoms with Crippen LogP contribution in [0.25, 0.3) is 10.8 Å². The Labute approximate surface area is 116 Å². The number of hydrogen-bond donors (Lipinski definition) is 3. The quantitative estimate of drug-likeness (QED) is 0.638. The van der Waals surface area contributed by atoms with E-state index in [9.17, 15) is 4.79 Å². The topological polar surface area (TPSA) is 70.9 Å². The monoisotopic (exact) mass is 265 g/mol. The van der Waals surface area contributed by atoms with E-state index in [1.54, 1.807) is 0 Å². The molecule has 0 saturated carbocycles. The molecule has 0 bridgehead atoms. The maximum atomic E-state index is 11.9. The first kappa shape index (κ1) is 12.3. The van der Waals surface area contributed by atoms with Crippen molar-refractivity contribution >= 4 is 22.3 Å². The lowest BCUT2D eigenvalue weighted by Gasteiger charge is -2.07. The van der Waals surface area contributed by atoms with Crippen molar-refractivity contribution in [1.29, 1.82) is 0 Å². The van der Waals surface area contributed by atoms with Crippen LogP contribution >= 0.6 is 0 Å². The number of fused-ring (bicyclic) bond motifs is 1. The lowest BCUT2D eigenvalue weighted by molar-refractivity contribution is 1.10. The molecule has 3 rings (SSSR count). The number of H-pyrrole nitrogens is 1. The molecule has 0 atom stereocenters. The second kappa shape index (κ2) is 5.09. The molecule has 0 amide bonds. The summed E-state index contributed by atoms with van der Waals surface area (Å²) in [6.45, 7) is 0.633. The number of aromatic nitrogens is 1. The first-order chi connectivity index (χ1) is 9.72. The van der Waals surface area contributed by atoms with Crippen LogP contribution in [0.3, 0.4) is 0 Å². The van der Waals surface area contributed by atoms with Gasteiger partial charge in [-0.15, -0.1) is 0 Å². The van der Waals surface area contributed by atoms with Crippen molar-refractivity contribution in [3.63, 3.8) is 0 Å². The molecule has 0 fully saturated rings. The Kier molecular flexibility index (Phi) is 3.13. The molecule has 1 heterocycles. The zero-order valence-corrected chi connectivity index (χ0v) is 10.9. The SMILES string of the molecule is Nc1ccc(CNc2cc3ccccc3c(=O)[nH]2)cc1. The van der Waals surface area contributed by atoms with Crippen LogP contribution in [0.1, 0.15) is 5.56 Å². The summed E-state index contributed by atoms with van der Waals surface area (Å²) in [5.74, 6) is 0.713. The van der Waals surface area contributed by atoms with Crippen molar-refractivity contribution in [3.05, 3.63) is 70.5 Å². The predicted octanol–water partition coefficient (Wildman–Crippen LogP) is 2.72. The minimum atomic E-state index is -0.0806. The van der Waals surface area contributed by atoms with Crippen LogP contribution in [0, 0.1) is 0 Å². The molecular weight excluding hydrogens is 250 g/mol. The zero-order chi connectivity index (χ0) is 13.9. The van der Waals surface area contributed by atoms with Gasteiger partial charge in [0.15, 0.2) is 0 Å². The van der Waals surface area contributed by atoms with E-state index in [2.05, 4.69) is 10.3 Å². The van der Waals surface area contributed by atoms with Gasteiger partial charge in [0.1, 0.15) is 5.82 Å². The molecule has 4 N–H and O–H groups in total. The second-order valence-corrected chi connectivity index (χ2v) is 4.69. The molecule has 3 aromatic rings. The normalized spacial score (nSPS) is 10.6. The summed E-state index contributed by atoms with van der Waals surface area (Å²) in [4.78, 5) is 14.8. The number of anilines is 2. The highest BCUT2D eigenvalue weighted by molar-refractivity contribution is 5.83. The molecule has 4 heteroatoms. The van der Waals surface area contributed by atoms with Gasteiger partial charge in [-0.25, -0.2) is 0 Å². The maximum absolute atomic E-state index is 11.9. The number of aromatic amines is 1. The summed E-state index contributed by atoms with van der Waals surface area (Å²) in [6, 6.07) is 17.1. The van der Waals surface area contributed by atoms with Gasteiger partial charge in [-0.3, -0.25) is 4.79 Å². The van der Waals surface area contributed by atoms with Gasteiger partial charge >= 0.3 is 0 Å². The third-order valence-corrected chi connectivity index (χ3v) is 3.22. The highest BCUT2D eigenvalue weighted by Crippen LogP contribution is 2.14. The van der Waals surface area contributed by atoms with E-state index in [0.717, 1.165) is 16.6 Å². The van der Waals surface area contributed by atoms with Gasteiger partial charge in [0.05, 0.1) is 0 Å². The average molecular weight is 265 g/mol. The molecule has 0 aliphatic carbocycles. The van der Waals surface area contributed by atoms with Gasteiger partial charge in [-0.1, -0.05) is 30.3 Å². The van der Waals surface area contributed by atoms with E-state index in [1.165, 1.54) is 0 Å². The second-order valence-electron chi connectivity index (χ2n) is 4.69. The summed E-state index contributed by atoms with van der Waals surface area (Å²) in [5, 5.41) is 4.84. The van der Waals surface area contributed by atoms with E-state index >= 15 is 0 Å². The molecule has 100 valence electrons. The lowest BCUT2D eigenvalue weighted by atomic mass is 10.1. The Morgan fingerprint density at radius 3 is 2.60 bits per heavy atom. The fraction of sp³-hybridized carbons (Fsp3) is 0.0625. The molecule has 4 nitrogen and oxygen atoms in total. The standard InChI is InChI=1S/C16H15N3O/c17-13-7-5-11(6-8-13)10-18-15-9-12-3-1-2-4-14(12)16(20)19-15/h1-9H,10,17H2,(H2,18,19,20). The van der Waals surface area contributed by atoms with Gasteiger partial charge in [0.25, 0.3) is 5.56 Å². The minimum Gasteiger partial charge on any atom is -0.399 e. The van der Waals surface area contributed by atoms with E-state index in [0.29, 0.717) is 17.7 Å². The van der Waals surface area contributed by atoms with Crippen LogP contribution in [-0.2, 0) is 6.54 Å². The Bertz CT molecular complexity index is 791. The minimum absolute atomic E-state index is 0.0806. The number of nitrogen functional groups attached to an aromatic ring is 1. The summed E-state index contributed by atoms with van der Waals surface area (Å²) >= 11 is 0. The summed E-state index contributed by atoms with van der Waals surface area (Å²) in [6.07, 6.45) is 0. The van der Waals surface area contributed by atoms with Gasteiger partial charge < -0.3 is 16.0 Å². The Morgan fingerprint density at radius 2 is 1.80 bits per heavy atom. The average Bonchev–Trinajstić information content (AvgIpc) is 2.47. The molecule has 2 aromatic carbocycles. The highest BCUT2D eigenvalue weighted by atomic mass is 16.1. The van der Waals surface area contributed by atoms with Crippen molar-refractivity contribution in [2.75, 3.05) is 11.1 Å². The molecule has 0 spiro atoms. The molecule has 1 aromatic heterocycles. The van der Waals surface area contributed by atoms with E-state index in [4.69, 9.17) is 5.73 Å². The zero-order valence-electron chi connectivity index (χ0n) is 10.9. The van der Waals surface area contributed by atoms with Crippen molar-refractivity contribution in [2.45, 2.75) is 6.54 Å². The first-order valence-corrected chi connectivity index (χ1v) is 6.43. The number of nitrogens with two attached hydrogens (primary N) is 1. The van der Waals surface area contributed by atoms with E-state index in [1.807, 2.05) is 54.6 Å². The third kappa shape index (κ3) is 2.49. The molecule has 0 unspecified atom stereocenters. The van der Waals surface area contributed by atoms with Gasteiger partial charge in [-0.2, -0.15) is 0 Å². The van der Waals surface area contributed by atoms with E-state index < -0.39 is 0 Å². The van der Waals surface area contributed by atoms with Crippen LogP contribution in [-0.4, -0.2) is 4.98 Å². The number of benzene rings is 2. The fourth-order valence-electron chi connectivity index (χ4n) is 2.14. The van der Waals surface area contributed by atoms with Crippen molar-refractivity contribution in [2.24, 2.45) is 0 Å². The van der Waals surface area contributed by atoms with Crippen LogP contribution < -0.4 is 16.6 Å². The molecule has 0 saturated heterocycles. The number of pyridine rings is 1. The molecule has 20 heavy (non-hydrogen) atoms. The predicted molar refractivity (Wildman–Crippen MR) is 82.7 cm³/mol. The molecule has 0 aliphatic heterocycles. The van der Waals surface area contributed by atoms with Gasteiger partial charge in [0, 0.05) is 17.6 Å². The van der Waals surface area contributed by atoms with Crippen LogP contribution in [0.2, 0.25) is 0 Å². The molecule has 0 radical (unpaired) electrons. The van der Waals surface area contributed by atoms with E-state index in [-0.39, 0.29) is 5.56 Å². The Hall–Kier alpha value is -2.75. The van der Waals surface area contributed by atoms with Gasteiger partial charge in [-0.05, 0) is 35.2 Å². The Balaban J connectivity index is 1.84. The molecular formula is C16H15N3O.